The fourth-order valence-corrected chi connectivity index (χ4v) is 4.10. The van der Waals surface area contributed by atoms with Crippen LogP contribution in [-0.2, 0) is 20.9 Å². The summed E-state index contributed by atoms with van der Waals surface area (Å²) in [5.41, 5.74) is 1.46. The van der Waals surface area contributed by atoms with Crippen LogP contribution < -0.4 is 10.6 Å². The Labute approximate surface area is 205 Å². The molecule has 0 bridgehead atoms. The van der Waals surface area contributed by atoms with E-state index >= 15 is 0 Å². The third-order valence-electron chi connectivity index (χ3n) is 4.88. The van der Waals surface area contributed by atoms with E-state index in [0.29, 0.717) is 18.5 Å². The normalized spacial score (nSPS) is 12.8. The van der Waals surface area contributed by atoms with Crippen molar-refractivity contribution in [2.24, 2.45) is 11.8 Å². The summed E-state index contributed by atoms with van der Waals surface area (Å²) in [6, 6.07) is 8.18. The predicted octanol–water partition coefficient (Wildman–Crippen LogP) is 4.86. The largest absolute Gasteiger partial charge is 0.461 e. The number of aromatic nitrogens is 1. The maximum absolute atomic E-state index is 13.2. The molecule has 1 aromatic heterocycles. The zero-order valence-corrected chi connectivity index (χ0v) is 21.3. The first kappa shape index (κ1) is 27.3. The second kappa shape index (κ2) is 13.7. The summed E-state index contributed by atoms with van der Waals surface area (Å²) < 4.78 is 10.3. The average Bonchev–Trinajstić information content (AvgIpc) is 3.27. The van der Waals surface area contributed by atoms with Crippen LogP contribution in [0.1, 0.15) is 74.6 Å². The third-order valence-corrected chi connectivity index (χ3v) is 5.72. The molecule has 0 aliphatic rings. The molecule has 186 valence electrons. The summed E-state index contributed by atoms with van der Waals surface area (Å²) in [4.78, 5) is 42.0. The van der Waals surface area contributed by atoms with Crippen LogP contribution >= 0.6 is 11.3 Å². The van der Waals surface area contributed by atoms with Crippen molar-refractivity contribution in [1.29, 1.82) is 0 Å². The van der Waals surface area contributed by atoms with Gasteiger partial charge in [0.1, 0.15) is 12.6 Å². The lowest BCUT2D eigenvalue weighted by atomic mass is 9.99. The number of rotatable bonds is 12. The number of hydrogen-bond acceptors (Lipinski definition) is 7. The Morgan fingerprint density at radius 3 is 2.26 bits per heavy atom. The van der Waals surface area contributed by atoms with Gasteiger partial charge in [-0.05, 0) is 37.2 Å². The van der Waals surface area contributed by atoms with Crippen molar-refractivity contribution in [2.75, 3.05) is 6.61 Å². The highest BCUT2D eigenvalue weighted by molar-refractivity contribution is 7.11. The van der Waals surface area contributed by atoms with Gasteiger partial charge in [0, 0.05) is 5.38 Å². The summed E-state index contributed by atoms with van der Waals surface area (Å²) in [6.45, 7) is 10.2. The zero-order valence-electron chi connectivity index (χ0n) is 20.5. The molecule has 9 heteroatoms. The van der Waals surface area contributed by atoms with E-state index in [2.05, 4.69) is 15.6 Å². The summed E-state index contributed by atoms with van der Waals surface area (Å²) in [5, 5.41) is 7.73. The van der Waals surface area contributed by atoms with Crippen LogP contribution in [0.4, 0.5) is 4.79 Å². The van der Waals surface area contributed by atoms with E-state index in [4.69, 9.17) is 9.47 Å². The Morgan fingerprint density at radius 1 is 0.971 bits per heavy atom. The molecule has 0 radical (unpaired) electrons. The van der Waals surface area contributed by atoms with Gasteiger partial charge in [-0.1, -0.05) is 58.0 Å². The summed E-state index contributed by atoms with van der Waals surface area (Å²) in [5.74, 6) is -0.357. The van der Waals surface area contributed by atoms with Gasteiger partial charge in [-0.25, -0.2) is 14.6 Å². The van der Waals surface area contributed by atoms with E-state index in [1.807, 2.05) is 58.0 Å². The van der Waals surface area contributed by atoms with Crippen molar-refractivity contribution in [2.45, 2.75) is 66.2 Å². The van der Waals surface area contributed by atoms with Crippen molar-refractivity contribution >= 4 is 29.3 Å². The van der Waals surface area contributed by atoms with Gasteiger partial charge < -0.3 is 20.1 Å². The topological polar surface area (TPSA) is 107 Å². The molecular formula is C25H35N3O5S. The Hall–Kier alpha value is -2.94. The van der Waals surface area contributed by atoms with Crippen LogP contribution in [0, 0.1) is 11.8 Å². The zero-order chi connectivity index (χ0) is 25.1. The van der Waals surface area contributed by atoms with E-state index in [1.165, 1.54) is 11.3 Å². The minimum absolute atomic E-state index is 0.119. The SMILES string of the molecule is CCOC(=O)c1nc([C@H](CC(C)C)NC(=O)[C@H](CC(C)C)NC(=O)OCc2ccccc2)cs1. The monoisotopic (exact) mass is 489 g/mol. The summed E-state index contributed by atoms with van der Waals surface area (Å²) in [6.07, 6.45) is 0.430. The van der Waals surface area contributed by atoms with Crippen molar-refractivity contribution < 1.29 is 23.9 Å². The van der Waals surface area contributed by atoms with E-state index in [0.717, 1.165) is 5.56 Å². The molecule has 0 aliphatic heterocycles. The summed E-state index contributed by atoms with van der Waals surface area (Å²) >= 11 is 1.19. The molecule has 2 rings (SSSR count). The number of thiazole rings is 1. The van der Waals surface area contributed by atoms with Gasteiger partial charge in [-0.3, -0.25) is 4.79 Å². The molecule has 1 heterocycles. The number of nitrogens with zero attached hydrogens (tertiary/aromatic N) is 1. The highest BCUT2D eigenvalue weighted by Crippen LogP contribution is 2.24. The Balaban J connectivity index is 2.08. The number of nitrogens with one attached hydrogen (secondary N) is 2. The molecule has 0 unspecified atom stereocenters. The predicted molar refractivity (Wildman–Crippen MR) is 131 cm³/mol. The van der Waals surface area contributed by atoms with E-state index in [-0.39, 0.29) is 36.0 Å². The van der Waals surface area contributed by atoms with Crippen LogP contribution in [0.25, 0.3) is 0 Å². The molecule has 8 nitrogen and oxygen atoms in total. The number of amides is 2. The molecule has 34 heavy (non-hydrogen) atoms. The van der Waals surface area contributed by atoms with Gasteiger partial charge >= 0.3 is 12.1 Å². The van der Waals surface area contributed by atoms with Gasteiger partial charge in [-0.15, -0.1) is 11.3 Å². The Morgan fingerprint density at radius 2 is 1.65 bits per heavy atom. The number of benzene rings is 1. The number of ether oxygens (including phenoxy) is 2. The molecule has 0 spiro atoms. The van der Waals surface area contributed by atoms with Crippen molar-refractivity contribution in [3.8, 4) is 0 Å². The summed E-state index contributed by atoms with van der Waals surface area (Å²) in [7, 11) is 0. The highest BCUT2D eigenvalue weighted by Gasteiger charge is 2.27. The van der Waals surface area contributed by atoms with Gasteiger partial charge in [0.2, 0.25) is 10.9 Å². The molecule has 2 N–H and O–H groups in total. The maximum Gasteiger partial charge on any atom is 0.408 e. The van der Waals surface area contributed by atoms with E-state index in [9.17, 15) is 14.4 Å². The molecular weight excluding hydrogens is 454 g/mol. The van der Waals surface area contributed by atoms with Crippen LogP contribution in [0.5, 0.6) is 0 Å². The molecule has 2 aromatic rings. The van der Waals surface area contributed by atoms with Crippen LogP contribution in [0.2, 0.25) is 0 Å². The number of carbonyl (C=O) groups excluding carboxylic acids is 3. The van der Waals surface area contributed by atoms with E-state index < -0.39 is 24.1 Å². The highest BCUT2D eigenvalue weighted by atomic mass is 32.1. The number of hydrogen-bond donors (Lipinski definition) is 2. The second-order valence-corrected chi connectivity index (χ2v) is 9.74. The lowest BCUT2D eigenvalue weighted by molar-refractivity contribution is -0.124. The van der Waals surface area contributed by atoms with Gasteiger partial charge in [0.25, 0.3) is 0 Å². The van der Waals surface area contributed by atoms with Gasteiger partial charge in [0.15, 0.2) is 0 Å². The molecule has 0 aliphatic carbocycles. The molecule has 0 saturated heterocycles. The Kier molecular flexibility index (Phi) is 11.0. The maximum atomic E-state index is 13.2. The quantitative estimate of drug-likeness (QED) is 0.412. The molecule has 2 atom stereocenters. The molecule has 2 amide bonds. The van der Waals surface area contributed by atoms with Gasteiger partial charge in [-0.2, -0.15) is 0 Å². The van der Waals surface area contributed by atoms with Crippen LogP contribution in [0.3, 0.4) is 0 Å². The lowest BCUT2D eigenvalue weighted by Crippen LogP contribution is -2.48. The third kappa shape index (κ3) is 9.13. The van der Waals surface area contributed by atoms with Crippen molar-refractivity contribution in [3.63, 3.8) is 0 Å². The fraction of sp³-hybridized carbons (Fsp3) is 0.520. The first-order valence-electron chi connectivity index (χ1n) is 11.6. The smallest absolute Gasteiger partial charge is 0.408 e. The minimum Gasteiger partial charge on any atom is -0.461 e. The van der Waals surface area contributed by atoms with Crippen LogP contribution in [0.15, 0.2) is 35.7 Å². The Bertz CT molecular complexity index is 930. The standard InChI is InChI=1S/C25H35N3O5S/c1-6-32-24(30)23-27-21(15-34-23)19(12-16(2)3)26-22(29)20(13-17(4)5)28-25(31)33-14-18-10-8-7-9-11-18/h7-11,15-17,19-20H,6,12-14H2,1-5H3,(H,26,29)(H,28,31)/t19-,20-/m0/s1. The average molecular weight is 490 g/mol. The van der Waals surface area contributed by atoms with Crippen LogP contribution in [-0.4, -0.2) is 35.6 Å². The van der Waals surface area contributed by atoms with Gasteiger partial charge in [0.05, 0.1) is 18.3 Å². The first-order chi connectivity index (χ1) is 16.2. The number of alkyl carbamates (subject to hydrolysis) is 1. The van der Waals surface area contributed by atoms with Crippen molar-refractivity contribution in [1.82, 2.24) is 15.6 Å². The number of carbonyl (C=O) groups is 3. The minimum atomic E-state index is -0.763. The van der Waals surface area contributed by atoms with E-state index in [1.54, 1.807) is 12.3 Å². The molecule has 1 aromatic carbocycles. The second-order valence-electron chi connectivity index (χ2n) is 8.88. The molecule has 0 saturated carbocycles. The molecule has 0 fully saturated rings. The lowest BCUT2D eigenvalue weighted by Gasteiger charge is -2.24. The first-order valence-corrected chi connectivity index (χ1v) is 12.5. The van der Waals surface area contributed by atoms with Crippen molar-refractivity contribution in [3.05, 3.63) is 52.0 Å². The fourth-order valence-electron chi connectivity index (χ4n) is 3.34. The number of esters is 1.